The summed E-state index contributed by atoms with van der Waals surface area (Å²) in [7, 11) is 0. The first-order chi connectivity index (χ1) is 4.83. The van der Waals surface area contributed by atoms with Gasteiger partial charge in [0.15, 0.2) is 0 Å². The van der Waals surface area contributed by atoms with Crippen LogP contribution in [0.15, 0.2) is 11.6 Å². The van der Waals surface area contributed by atoms with Crippen LogP contribution in [-0.2, 0) is 0 Å². The first kappa shape index (κ1) is 7.37. The number of allylic oxidation sites excluding steroid dienone is 1. The van der Waals surface area contributed by atoms with E-state index in [1.165, 1.54) is 5.57 Å². The van der Waals surface area contributed by atoms with Gasteiger partial charge in [-0.05, 0) is 19.3 Å². The van der Waals surface area contributed by atoms with Gasteiger partial charge < -0.3 is 5.73 Å². The summed E-state index contributed by atoms with van der Waals surface area (Å²) in [6.07, 6.45) is 11.5. The molecule has 0 amide bonds. The van der Waals surface area contributed by atoms with Crippen LogP contribution in [0.1, 0.15) is 25.7 Å². The summed E-state index contributed by atoms with van der Waals surface area (Å²) in [5.41, 5.74) is 7.12. The maximum absolute atomic E-state index is 5.67. The molecule has 1 nitrogen and oxygen atoms in total. The number of terminal acetylenes is 1. The summed E-state index contributed by atoms with van der Waals surface area (Å²) in [6.45, 7) is 0. The molecule has 1 rings (SSSR count). The van der Waals surface area contributed by atoms with Crippen molar-refractivity contribution < 1.29 is 0 Å². The molecule has 1 aliphatic carbocycles. The fourth-order valence-electron chi connectivity index (χ4n) is 1.26. The van der Waals surface area contributed by atoms with Gasteiger partial charge in [0.05, 0.1) is 0 Å². The Morgan fingerprint density at radius 3 is 3.10 bits per heavy atom. The minimum atomic E-state index is 0.299. The molecule has 0 radical (unpaired) electrons. The van der Waals surface area contributed by atoms with E-state index in [4.69, 9.17) is 12.2 Å². The Balaban J connectivity index is 2.30. The normalized spacial score (nSPS) is 24.0. The molecule has 1 heteroatoms. The smallest absolute Gasteiger partial charge is 0.0229 e. The predicted octanol–water partition coefficient (Wildman–Crippen LogP) is 1.45. The summed E-state index contributed by atoms with van der Waals surface area (Å²) in [4.78, 5) is 0. The molecule has 54 valence electrons. The Kier molecular flexibility index (Phi) is 2.53. The van der Waals surface area contributed by atoms with E-state index in [0.29, 0.717) is 6.04 Å². The quantitative estimate of drug-likeness (QED) is 0.450. The zero-order chi connectivity index (χ0) is 7.40. The number of nitrogens with two attached hydrogens (primary N) is 1. The fraction of sp³-hybridized carbons (Fsp3) is 0.556. The van der Waals surface area contributed by atoms with Crippen LogP contribution in [0.4, 0.5) is 0 Å². The zero-order valence-electron chi connectivity index (χ0n) is 6.14. The second kappa shape index (κ2) is 3.43. The van der Waals surface area contributed by atoms with Crippen LogP contribution >= 0.6 is 0 Å². The van der Waals surface area contributed by atoms with Crippen molar-refractivity contribution >= 4 is 0 Å². The summed E-state index contributed by atoms with van der Waals surface area (Å²) < 4.78 is 0. The first-order valence-electron chi connectivity index (χ1n) is 3.71. The average Bonchev–Trinajstić information content (AvgIpc) is 2.31. The van der Waals surface area contributed by atoms with E-state index in [0.717, 1.165) is 25.7 Å². The maximum atomic E-state index is 5.67. The van der Waals surface area contributed by atoms with Crippen molar-refractivity contribution in [3.8, 4) is 12.3 Å². The van der Waals surface area contributed by atoms with Crippen LogP contribution in [0.25, 0.3) is 0 Å². The highest BCUT2D eigenvalue weighted by molar-refractivity contribution is 5.14. The molecule has 0 heterocycles. The van der Waals surface area contributed by atoms with Crippen LogP contribution in [0, 0.1) is 12.3 Å². The summed E-state index contributed by atoms with van der Waals surface area (Å²) in [5.74, 6) is 2.63. The first-order valence-corrected chi connectivity index (χ1v) is 3.71. The highest BCUT2D eigenvalue weighted by atomic mass is 14.6. The van der Waals surface area contributed by atoms with Gasteiger partial charge in [0.2, 0.25) is 0 Å². The van der Waals surface area contributed by atoms with Gasteiger partial charge in [0, 0.05) is 12.5 Å². The molecule has 0 aliphatic heterocycles. The lowest BCUT2D eigenvalue weighted by molar-refractivity contribution is 0.765. The molecule has 0 spiro atoms. The van der Waals surface area contributed by atoms with E-state index in [2.05, 4.69) is 12.0 Å². The van der Waals surface area contributed by atoms with Gasteiger partial charge in [-0.1, -0.05) is 11.6 Å². The van der Waals surface area contributed by atoms with Crippen molar-refractivity contribution in [2.45, 2.75) is 31.7 Å². The van der Waals surface area contributed by atoms with E-state index in [9.17, 15) is 0 Å². The molecule has 0 aromatic heterocycles. The monoisotopic (exact) mass is 135 g/mol. The Hall–Kier alpha value is -0.740. The molecular formula is C9H13N. The standard InChI is InChI=1S/C9H13N/c1-2-3-4-8-5-6-9(10)7-8/h1,7,9H,3-6,10H2. The van der Waals surface area contributed by atoms with E-state index in [1.54, 1.807) is 0 Å². The Morgan fingerprint density at radius 1 is 1.80 bits per heavy atom. The summed E-state index contributed by atoms with van der Waals surface area (Å²) in [5, 5.41) is 0. The lowest BCUT2D eigenvalue weighted by Gasteiger charge is -1.93. The average molecular weight is 135 g/mol. The van der Waals surface area contributed by atoms with Crippen LogP contribution in [0.2, 0.25) is 0 Å². The zero-order valence-corrected chi connectivity index (χ0v) is 6.14. The molecule has 0 saturated carbocycles. The van der Waals surface area contributed by atoms with E-state index in [1.807, 2.05) is 0 Å². The number of rotatable bonds is 2. The predicted molar refractivity (Wildman–Crippen MR) is 43.4 cm³/mol. The van der Waals surface area contributed by atoms with Crippen LogP contribution in [-0.4, -0.2) is 6.04 Å². The van der Waals surface area contributed by atoms with E-state index < -0.39 is 0 Å². The van der Waals surface area contributed by atoms with Gasteiger partial charge in [-0.25, -0.2) is 0 Å². The maximum Gasteiger partial charge on any atom is 0.0229 e. The number of hydrogen-bond acceptors (Lipinski definition) is 1. The molecule has 0 aromatic carbocycles. The molecule has 1 atom stereocenters. The minimum Gasteiger partial charge on any atom is -0.324 e. The van der Waals surface area contributed by atoms with Crippen molar-refractivity contribution in [1.29, 1.82) is 0 Å². The summed E-state index contributed by atoms with van der Waals surface area (Å²) >= 11 is 0. The van der Waals surface area contributed by atoms with Gasteiger partial charge in [-0.2, -0.15) is 0 Å². The third kappa shape index (κ3) is 1.89. The molecule has 2 N–H and O–H groups in total. The Morgan fingerprint density at radius 2 is 2.60 bits per heavy atom. The molecule has 0 aromatic rings. The molecule has 1 unspecified atom stereocenters. The van der Waals surface area contributed by atoms with Gasteiger partial charge in [-0.3, -0.25) is 0 Å². The highest BCUT2D eigenvalue weighted by Gasteiger charge is 2.09. The van der Waals surface area contributed by atoms with Crippen molar-refractivity contribution in [3.05, 3.63) is 11.6 Å². The Labute approximate surface area is 62.3 Å². The lowest BCUT2D eigenvalue weighted by Crippen LogP contribution is -2.11. The lowest BCUT2D eigenvalue weighted by atomic mass is 10.1. The van der Waals surface area contributed by atoms with Crippen molar-refractivity contribution in [3.63, 3.8) is 0 Å². The van der Waals surface area contributed by atoms with E-state index in [-0.39, 0.29) is 0 Å². The fourth-order valence-corrected chi connectivity index (χ4v) is 1.26. The highest BCUT2D eigenvalue weighted by Crippen LogP contribution is 2.20. The summed E-state index contributed by atoms with van der Waals surface area (Å²) in [6, 6.07) is 0.299. The van der Waals surface area contributed by atoms with Crippen molar-refractivity contribution in [2.75, 3.05) is 0 Å². The largest absolute Gasteiger partial charge is 0.324 e. The van der Waals surface area contributed by atoms with E-state index >= 15 is 0 Å². The number of hydrogen-bond donors (Lipinski definition) is 1. The third-order valence-corrected chi connectivity index (χ3v) is 1.84. The molecular weight excluding hydrogens is 122 g/mol. The SMILES string of the molecule is C#CCCC1=CC(N)CC1. The Bertz CT molecular complexity index is 174. The second-order valence-electron chi connectivity index (χ2n) is 2.73. The van der Waals surface area contributed by atoms with Gasteiger partial charge in [-0.15, -0.1) is 12.3 Å². The van der Waals surface area contributed by atoms with Crippen molar-refractivity contribution in [2.24, 2.45) is 5.73 Å². The second-order valence-corrected chi connectivity index (χ2v) is 2.73. The van der Waals surface area contributed by atoms with Crippen LogP contribution in [0.3, 0.4) is 0 Å². The minimum absolute atomic E-state index is 0.299. The van der Waals surface area contributed by atoms with Crippen molar-refractivity contribution in [1.82, 2.24) is 0 Å². The van der Waals surface area contributed by atoms with Gasteiger partial charge in [0.25, 0.3) is 0 Å². The molecule has 0 fully saturated rings. The topological polar surface area (TPSA) is 26.0 Å². The van der Waals surface area contributed by atoms with Crippen LogP contribution < -0.4 is 5.73 Å². The van der Waals surface area contributed by atoms with Gasteiger partial charge in [0.1, 0.15) is 0 Å². The molecule has 1 aliphatic rings. The van der Waals surface area contributed by atoms with Gasteiger partial charge >= 0.3 is 0 Å². The third-order valence-electron chi connectivity index (χ3n) is 1.84. The molecule has 0 saturated heterocycles. The molecule has 10 heavy (non-hydrogen) atoms. The molecule has 0 bridgehead atoms. The van der Waals surface area contributed by atoms with Crippen LogP contribution in [0.5, 0.6) is 0 Å².